The van der Waals surface area contributed by atoms with Crippen molar-refractivity contribution in [3.8, 4) is 0 Å². The van der Waals surface area contributed by atoms with E-state index in [0.29, 0.717) is 25.0 Å². The third kappa shape index (κ3) is 29.2. The summed E-state index contributed by atoms with van der Waals surface area (Å²) in [4.78, 5) is 62.0. The zero-order valence-electron chi connectivity index (χ0n) is 42.9. The summed E-state index contributed by atoms with van der Waals surface area (Å²) in [7, 11) is -10.9. The topological polar surface area (TPSA) is 278 Å². The molecule has 0 spiro atoms. The molecule has 0 amide bonds. The van der Waals surface area contributed by atoms with Crippen molar-refractivity contribution in [2.24, 2.45) is 0 Å². The number of carbonyl (C=O) groups excluding carboxylic acids is 2. The number of aliphatic hydroxyl groups excluding tert-OH is 2. The van der Waals surface area contributed by atoms with Crippen molar-refractivity contribution in [3.63, 3.8) is 0 Å². The monoisotopic (exact) mass is 1070 g/mol. The van der Waals surface area contributed by atoms with Crippen LogP contribution in [0.25, 0.3) is 0 Å². The maximum absolute atomic E-state index is 12.9. The molecule has 6 N–H and O–H groups in total. The zero-order valence-corrected chi connectivity index (χ0v) is 44.6. The highest BCUT2D eigenvalue weighted by atomic mass is 31.3. The van der Waals surface area contributed by atoms with Gasteiger partial charge in [0.1, 0.15) is 30.7 Å². The Bertz CT molecular complexity index is 2080. The number of anilines is 1. The second-order valence-corrected chi connectivity index (χ2v) is 21.1. The van der Waals surface area contributed by atoms with E-state index < -0.39 is 83.7 Å². The molecular weight excluding hydrogens is 985 g/mol. The van der Waals surface area contributed by atoms with E-state index >= 15 is 0 Å². The largest absolute Gasteiger partial charge is 0.481 e. The van der Waals surface area contributed by atoms with Crippen LogP contribution in [-0.2, 0) is 51.0 Å². The van der Waals surface area contributed by atoms with E-state index in [9.17, 15) is 43.5 Å². The van der Waals surface area contributed by atoms with Crippen LogP contribution in [0.4, 0.5) is 5.82 Å². The Kier molecular flexibility index (Phi) is 32.2. The first kappa shape index (κ1) is 63.5. The van der Waals surface area contributed by atoms with E-state index in [0.717, 1.165) is 107 Å². The number of hydrogen-bond acceptors (Lipinski definition) is 16. The van der Waals surface area contributed by atoms with Gasteiger partial charge in [0, 0.05) is 19.0 Å². The fourth-order valence-electron chi connectivity index (χ4n) is 7.58. The summed E-state index contributed by atoms with van der Waals surface area (Å²) in [6.07, 6.45) is 38.6. The number of aliphatic hydroxyl groups is 2. The molecule has 9 atom stereocenters. The first-order valence-electron chi connectivity index (χ1n) is 26.1. The number of nitrogens with zero attached hydrogens (tertiary/aromatic N) is 2. The summed E-state index contributed by atoms with van der Waals surface area (Å²) >= 11 is 0. The molecule has 0 aromatic carbocycles. The molecule has 1 aromatic heterocycles. The minimum absolute atomic E-state index is 0.0180. The van der Waals surface area contributed by atoms with Crippen molar-refractivity contribution >= 4 is 33.4 Å². The van der Waals surface area contributed by atoms with Gasteiger partial charge in [-0.2, -0.15) is 9.29 Å². The van der Waals surface area contributed by atoms with Gasteiger partial charge in [-0.25, -0.2) is 13.9 Å². The van der Waals surface area contributed by atoms with Crippen LogP contribution < -0.4 is 11.4 Å². The van der Waals surface area contributed by atoms with E-state index in [-0.39, 0.29) is 18.7 Å². The molecule has 2 aliphatic heterocycles. The second-order valence-electron chi connectivity index (χ2n) is 18.0. The SMILES string of the molecule is CC/C=C\C/C=C\C/C=C\C/C=C\C/C=C\CCCCCC(=O)OC[C@H](COP(=O)(O)OP(=O)(O)OC[C@H]1O[C@@H](n2ccc(N)nc2=O)[C@H](O)[C@@H]1O)OC(=O)CCCCCCC/C=C\CC1OC1CCCCC. The van der Waals surface area contributed by atoms with E-state index in [1.54, 1.807) is 0 Å². The zero-order chi connectivity index (χ0) is 53.2. The fourth-order valence-corrected chi connectivity index (χ4v) is 9.69. The number of carbonyl (C=O) groups is 2. The van der Waals surface area contributed by atoms with Crippen molar-refractivity contribution in [3.05, 3.63) is 95.7 Å². The molecule has 412 valence electrons. The molecule has 19 nitrogen and oxygen atoms in total. The normalized spacial score (nSPS) is 22.3. The molecule has 2 aliphatic rings. The lowest BCUT2D eigenvalue weighted by Gasteiger charge is -2.21. The predicted molar refractivity (Wildman–Crippen MR) is 279 cm³/mol. The Morgan fingerprint density at radius 2 is 1.27 bits per heavy atom. The van der Waals surface area contributed by atoms with E-state index in [2.05, 4.69) is 96.1 Å². The standard InChI is InChI=1S/C52H83N3O16P2/c1-3-5-7-8-9-10-11-12-13-14-15-16-17-18-19-20-24-27-31-35-47(56)65-39-42(68-48(57)36-32-28-25-22-21-23-26-30-34-44-43(69-44)33-29-6-4-2)40-66-72(61,62)71-73(63,64)67-41-45-49(58)50(59)51(70-45)55-38-37-46(53)54-52(55)60/h5,7,9-10,12-13,15-16,18-19,26,30,37-38,42-45,49-51,58-59H,3-4,6,8,11,14,17,20-25,27-29,31-36,39-41H2,1-2H3,(H,61,62)(H,63,64)(H2,53,54,60)/b7-5-,10-9-,13-12-,16-15-,19-18-,30-26-/t42-,43?,44?,45-,49-,50-,51-/m1/s1. The summed E-state index contributed by atoms with van der Waals surface area (Å²) in [6, 6.07) is 1.24. The van der Waals surface area contributed by atoms with Crippen LogP contribution in [0.3, 0.4) is 0 Å². The molecule has 2 saturated heterocycles. The summed E-state index contributed by atoms with van der Waals surface area (Å²) in [5, 5.41) is 20.9. The highest BCUT2D eigenvalue weighted by Gasteiger charge is 2.46. The second kappa shape index (κ2) is 37.0. The van der Waals surface area contributed by atoms with Gasteiger partial charge >= 0.3 is 33.3 Å². The molecule has 3 heterocycles. The average molecular weight is 1070 g/mol. The van der Waals surface area contributed by atoms with Crippen LogP contribution in [0.15, 0.2) is 90.0 Å². The number of nitrogen functional groups attached to an aromatic ring is 1. The predicted octanol–water partition coefficient (Wildman–Crippen LogP) is 9.88. The Morgan fingerprint density at radius 1 is 0.699 bits per heavy atom. The highest BCUT2D eigenvalue weighted by Crippen LogP contribution is 2.60. The molecular formula is C52H83N3O16P2. The van der Waals surface area contributed by atoms with Crippen LogP contribution >= 0.6 is 15.6 Å². The van der Waals surface area contributed by atoms with Crippen LogP contribution in [-0.4, -0.2) is 97.9 Å². The van der Waals surface area contributed by atoms with Crippen molar-refractivity contribution in [1.29, 1.82) is 0 Å². The van der Waals surface area contributed by atoms with Gasteiger partial charge in [-0.3, -0.25) is 23.2 Å². The number of rotatable bonds is 41. The van der Waals surface area contributed by atoms with Gasteiger partial charge in [0.25, 0.3) is 0 Å². The number of epoxide rings is 1. The van der Waals surface area contributed by atoms with Crippen LogP contribution in [0, 0.1) is 0 Å². The average Bonchev–Trinajstić information content (AvgIpc) is 4.04. The van der Waals surface area contributed by atoms with Gasteiger partial charge in [-0.15, -0.1) is 0 Å². The maximum Gasteiger partial charge on any atom is 0.481 e. The number of esters is 2. The molecule has 4 unspecified atom stereocenters. The molecule has 0 saturated carbocycles. The number of aromatic nitrogens is 2. The first-order valence-corrected chi connectivity index (χ1v) is 29.1. The van der Waals surface area contributed by atoms with Crippen molar-refractivity contribution in [2.75, 3.05) is 25.6 Å². The molecule has 21 heteroatoms. The Balaban J connectivity index is 1.40. The van der Waals surface area contributed by atoms with Crippen LogP contribution in [0.2, 0.25) is 0 Å². The summed E-state index contributed by atoms with van der Waals surface area (Å²) < 4.78 is 62.6. The third-order valence-electron chi connectivity index (χ3n) is 11.7. The lowest BCUT2D eigenvalue weighted by molar-refractivity contribution is -0.161. The van der Waals surface area contributed by atoms with Gasteiger partial charge in [-0.1, -0.05) is 132 Å². The lowest BCUT2D eigenvalue weighted by Crippen LogP contribution is -2.36. The molecule has 3 rings (SSSR count). The molecule has 2 fully saturated rings. The number of unbranched alkanes of at least 4 members (excludes halogenated alkanes) is 10. The number of allylic oxidation sites excluding steroid dienone is 11. The smallest absolute Gasteiger partial charge is 0.462 e. The van der Waals surface area contributed by atoms with E-state index in [1.807, 2.05) is 0 Å². The highest BCUT2D eigenvalue weighted by molar-refractivity contribution is 7.61. The van der Waals surface area contributed by atoms with Crippen molar-refractivity contribution in [2.45, 2.75) is 198 Å². The lowest BCUT2D eigenvalue weighted by atomic mass is 10.1. The van der Waals surface area contributed by atoms with Gasteiger partial charge in [0.05, 0.1) is 25.4 Å². The van der Waals surface area contributed by atoms with Gasteiger partial charge in [0.15, 0.2) is 12.3 Å². The molecule has 0 aliphatic carbocycles. The Morgan fingerprint density at radius 3 is 1.92 bits per heavy atom. The number of phosphoric ester groups is 2. The summed E-state index contributed by atoms with van der Waals surface area (Å²) in [6.45, 7) is 1.96. The van der Waals surface area contributed by atoms with Crippen molar-refractivity contribution < 1.29 is 71.0 Å². The molecule has 0 radical (unpaired) electrons. The van der Waals surface area contributed by atoms with E-state index in [1.165, 1.54) is 25.3 Å². The Hall–Kier alpha value is -3.84. The van der Waals surface area contributed by atoms with Crippen LogP contribution in [0.1, 0.15) is 161 Å². The number of hydrogen-bond donors (Lipinski definition) is 5. The maximum atomic E-state index is 12.9. The molecule has 1 aromatic rings. The third-order valence-corrected chi connectivity index (χ3v) is 14.3. The quantitative estimate of drug-likeness (QED) is 0.0134. The Labute approximate surface area is 431 Å². The van der Waals surface area contributed by atoms with Gasteiger partial charge in [-0.05, 0) is 89.5 Å². The first-order chi connectivity index (χ1) is 35.1. The summed E-state index contributed by atoms with van der Waals surface area (Å²) in [5.74, 6) is -1.36. The molecule has 73 heavy (non-hydrogen) atoms. The summed E-state index contributed by atoms with van der Waals surface area (Å²) in [5.41, 5.74) is 4.59. The number of phosphoric acid groups is 2. The molecule has 0 bridgehead atoms. The minimum Gasteiger partial charge on any atom is -0.462 e. The minimum atomic E-state index is -5.44. The van der Waals surface area contributed by atoms with Gasteiger partial charge in [0.2, 0.25) is 0 Å². The number of nitrogens with two attached hydrogens (primary N) is 1. The fraction of sp³-hybridized carbons (Fsp3) is 0.654. The number of ether oxygens (including phenoxy) is 4. The van der Waals surface area contributed by atoms with Gasteiger partial charge < -0.3 is 44.7 Å². The van der Waals surface area contributed by atoms with E-state index in [4.69, 9.17) is 33.7 Å². The van der Waals surface area contributed by atoms with Crippen LogP contribution in [0.5, 0.6) is 0 Å². The van der Waals surface area contributed by atoms with Crippen molar-refractivity contribution in [1.82, 2.24) is 9.55 Å².